The topological polar surface area (TPSA) is 36.9 Å². The summed E-state index contributed by atoms with van der Waals surface area (Å²) in [7, 11) is -1.81. The molecule has 1 heterocycles. The first-order valence-electron chi connectivity index (χ1n) is 8.23. The number of hydrogen-bond acceptors (Lipinski definition) is 4. The molecular formula is C17H28O4Si. The molecule has 2 rings (SSSR count). The fourth-order valence-corrected chi connectivity index (χ4v) is 4.26. The highest BCUT2D eigenvalue weighted by Gasteiger charge is 2.37. The molecule has 2 atom stereocenters. The van der Waals surface area contributed by atoms with Gasteiger partial charge >= 0.3 is 9.28 Å². The van der Waals surface area contributed by atoms with E-state index in [0.29, 0.717) is 25.7 Å². The predicted molar refractivity (Wildman–Crippen MR) is 89.8 cm³/mol. The van der Waals surface area contributed by atoms with Gasteiger partial charge in [-0.1, -0.05) is 19.9 Å². The van der Waals surface area contributed by atoms with Gasteiger partial charge in [0.2, 0.25) is 5.79 Å². The van der Waals surface area contributed by atoms with Crippen LogP contribution in [0.1, 0.15) is 46.6 Å². The van der Waals surface area contributed by atoms with E-state index in [-0.39, 0.29) is 0 Å². The molecule has 124 valence electrons. The first-order chi connectivity index (χ1) is 10.5. The van der Waals surface area contributed by atoms with Crippen LogP contribution in [-0.4, -0.2) is 28.3 Å². The van der Waals surface area contributed by atoms with Crippen molar-refractivity contribution in [2.75, 3.05) is 13.2 Å². The molecule has 0 N–H and O–H groups in total. The molecule has 0 fully saturated rings. The van der Waals surface area contributed by atoms with Crippen molar-refractivity contribution in [2.24, 2.45) is 5.92 Å². The number of ether oxygens (including phenoxy) is 2. The molecule has 0 bridgehead atoms. The van der Waals surface area contributed by atoms with Gasteiger partial charge in [0, 0.05) is 31.6 Å². The molecule has 0 radical (unpaired) electrons. The van der Waals surface area contributed by atoms with E-state index in [1.807, 2.05) is 26.8 Å². The van der Waals surface area contributed by atoms with Crippen molar-refractivity contribution in [1.82, 2.24) is 0 Å². The highest BCUT2D eigenvalue weighted by atomic mass is 28.3. The molecule has 5 heteroatoms. The van der Waals surface area contributed by atoms with Gasteiger partial charge < -0.3 is 18.3 Å². The van der Waals surface area contributed by atoms with E-state index >= 15 is 0 Å². The lowest BCUT2D eigenvalue weighted by Crippen LogP contribution is -2.45. The molecular weight excluding hydrogens is 296 g/mol. The maximum Gasteiger partial charge on any atom is 0.355 e. The number of hydrogen-bond donors (Lipinski definition) is 0. The van der Waals surface area contributed by atoms with Gasteiger partial charge in [0.15, 0.2) is 0 Å². The van der Waals surface area contributed by atoms with Crippen LogP contribution in [0.4, 0.5) is 0 Å². The molecule has 1 aliphatic heterocycles. The molecule has 0 saturated carbocycles. The zero-order valence-electron chi connectivity index (χ0n) is 14.3. The highest BCUT2D eigenvalue weighted by Crippen LogP contribution is 2.36. The van der Waals surface area contributed by atoms with E-state index in [9.17, 15) is 0 Å². The van der Waals surface area contributed by atoms with Crippen molar-refractivity contribution < 1.29 is 18.3 Å². The second-order valence-electron chi connectivity index (χ2n) is 5.83. The Bertz CT molecular complexity index is 488. The minimum atomic E-state index is -1.81. The van der Waals surface area contributed by atoms with Crippen molar-refractivity contribution in [3.8, 4) is 5.75 Å². The first kappa shape index (κ1) is 17.5. The van der Waals surface area contributed by atoms with Crippen LogP contribution in [0.25, 0.3) is 0 Å². The molecule has 0 saturated heterocycles. The molecule has 1 aliphatic rings. The average molecular weight is 324 g/mol. The maximum atomic E-state index is 6.14. The van der Waals surface area contributed by atoms with Crippen LogP contribution >= 0.6 is 0 Å². The Balaban J connectivity index is 2.20. The smallest absolute Gasteiger partial charge is 0.355 e. The molecule has 4 nitrogen and oxygen atoms in total. The molecule has 1 aromatic carbocycles. The number of rotatable bonds is 7. The van der Waals surface area contributed by atoms with E-state index in [1.54, 1.807) is 0 Å². The molecule has 0 spiro atoms. The van der Waals surface area contributed by atoms with Gasteiger partial charge in [0.05, 0.1) is 6.61 Å². The SMILES string of the molecule is CCO[SiH](OCC)c1ccc2c(c1)COC(C)(C(C)CC)O2. The van der Waals surface area contributed by atoms with Crippen LogP contribution in [0, 0.1) is 5.92 Å². The zero-order chi connectivity index (χ0) is 16.2. The first-order valence-corrected chi connectivity index (χ1v) is 9.75. The molecule has 2 unspecified atom stereocenters. The molecule has 1 aromatic rings. The van der Waals surface area contributed by atoms with Crippen molar-refractivity contribution in [3.05, 3.63) is 23.8 Å². The summed E-state index contributed by atoms with van der Waals surface area (Å²) in [5.41, 5.74) is 1.08. The van der Waals surface area contributed by atoms with Gasteiger partial charge in [-0.15, -0.1) is 0 Å². The summed E-state index contributed by atoms with van der Waals surface area (Å²) >= 11 is 0. The third-order valence-electron chi connectivity index (χ3n) is 4.33. The largest absolute Gasteiger partial charge is 0.462 e. The van der Waals surface area contributed by atoms with Gasteiger partial charge in [-0.05, 0) is 37.6 Å². The lowest BCUT2D eigenvalue weighted by molar-refractivity contribution is -0.223. The van der Waals surface area contributed by atoms with Gasteiger partial charge in [0.1, 0.15) is 5.75 Å². The molecule has 0 aromatic heterocycles. The number of fused-ring (bicyclic) bond motifs is 1. The molecule has 0 aliphatic carbocycles. The lowest BCUT2D eigenvalue weighted by atomic mass is 9.98. The van der Waals surface area contributed by atoms with Crippen LogP contribution in [0.5, 0.6) is 5.75 Å². The van der Waals surface area contributed by atoms with Crippen LogP contribution < -0.4 is 9.92 Å². The average Bonchev–Trinajstić information content (AvgIpc) is 2.53. The third kappa shape index (κ3) is 3.71. The Hall–Kier alpha value is -0.883. The Morgan fingerprint density at radius 2 is 1.91 bits per heavy atom. The normalized spacial score (nSPS) is 22.3. The van der Waals surface area contributed by atoms with Crippen LogP contribution in [0.15, 0.2) is 18.2 Å². The van der Waals surface area contributed by atoms with Gasteiger partial charge in [-0.2, -0.15) is 0 Å². The van der Waals surface area contributed by atoms with Gasteiger partial charge in [0.25, 0.3) is 0 Å². The summed E-state index contributed by atoms with van der Waals surface area (Å²) in [6, 6.07) is 6.23. The van der Waals surface area contributed by atoms with Crippen molar-refractivity contribution in [3.63, 3.8) is 0 Å². The second-order valence-corrected chi connectivity index (χ2v) is 7.82. The minimum Gasteiger partial charge on any atom is -0.462 e. The summed E-state index contributed by atoms with van der Waals surface area (Å²) in [6.45, 7) is 12.3. The summed E-state index contributed by atoms with van der Waals surface area (Å²) in [6.07, 6.45) is 1.02. The zero-order valence-corrected chi connectivity index (χ0v) is 15.5. The fraction of sp³-hybridized carbons (Fsp3) is 0.647. The monoisotopic (exact) mass is 324 g/mol. The number of benzene rings is 1. The summed E-state index contributed by atoms with van der Waals surface area (Å²) in [5.74, 6) is 0.716. The fourth-order valence-electron chi connectivity index (χ4n) is 2.58. The van der Waals surface area contributed by atoms with Crippen molar-refractivity contribution in [2.45, 2.75) is 53.4 Å². The third-order valence-corrected chi connectivity index (χ3v) is 6.50. The van der Waals surface area contributed by atoms with E-state index in [4.69, 9.17) is 18.3 Å². The van der Waals surface area contributed by atoms with Crippen molar-refractivity contribution in [1.29, 1.82) is 0 Å². The Labute approximate surface area is 135 Å². The quantitative estimate of drug-likeness (QED) is 0.723. The van der Waals surface area contributed by atoms with E-state index in [1.165, 1.54) is 0 Å². The second kappa shape index (κ2) is 7.59. The Kier molecular flexibility index (Phi) is 6.03. The van der Waals surface area contributed by atoms with Crippen molar-refractivity contribution >= 4 is 14.5 Å². The van der Waals surface area contributed by atoms with Crippen LogP contribution in [-0.2, 0) is 20.2 Å². The predicted octanol–water partition coefficient (Wildman–Crippen LogP) is 2.86. The standard InChI is InChI=1S/C17H28O4Si/c1-6-13(4)17(5)18-12-14-11-15(9-10-16(14)21-17)22(19-7-2)20-8-3/h9-11,13,22H,6-8,12H2,1-5H3. The Morgan fingerprint density at radius 3 is 2.50 bits per heavy atom. The lowest BCUT2D eigenvalue weighted by Gasteiger charge is -2.39. The summed E-state index contributed by atoms with van der Waals surface area (Å²) < 4.78 is 23.7. The highest BCUT2D eigenvalue weighted by molar-refractivity contribution is 6.61. The Morgan fingerprint density at radius 1 is 1.23 bits per heavy atom. The summed E-state index contributed by atoms with van der Waals surface area (Å²) in [4.78, 5) is 0. The van der Waals surface area contributed by atoms with Gasteiger partial charge in [-0.3, -0.25) is 0 Å². The van der Waals surface area contributed by atoms with Crippen LogP contribution in [0.3, 0.4) is 0 Å². The van der Waals surface area contributed by atoms with E-state index < -0.39 is 15.1 Å². The molecule has 22 heavy (non-hydrogen) atoms. The minimum absolute atomic E-state index is 0.342. The van der Waals surface area contributed by atoms with Crippen LogP contribution in [0.2, 0.25) is 0 Å². The van der Waals surface area contributed by atoms with E-state index in [2.05, 4.69) is 26.0 Å². The van der Waals surface area contributed by atoms with Gasteiger partial charge in [-0.25, -0.2) is 0 Å². The maximum absolute atomic E-state index is 6.14. The van der Waals surface area contributed by atoms with E-state index in [0.717, 1.165) is 22.9 Å². The molecule has 0 amide bonds. The summed E-state index contributed by atoms with van der Waals surface area (Å²) in [5, 5.41) is 1.14.